The predicted molar refractivity (Wildman–Crippen MR) is 79.2 cm³/mol. The van der Waals surface area contributed by atoms with Gasteiger partial charge in [-0.05, 0) is 34.5 Å². The van der Waals surface area contributed by atoms with Gasteiger partial charge in [0.2, 0.25) is 11.8 Å². The summed E-state index contributed by atoms with van der Waals surface area (Å²) in [6, 6.07) is 7.71. The number of nitrogens with two attached hydrogens (primary N) is 1. The van der Waals surface area contributed by atoms with Gasteiger partial charge in [0.25, 0.3) is 0 Å². The zero-order chi connectivity index (χ0) is 13.8. The average Bonchev–Trinajstić information content (AvgIpc) is 2.41. The quantitative estimate of drug-likeness (QED) is 0.846. The lowest BCUT2D eigenvalue weighted by molar-refractivity contribution is 0.394. The molecule has 0 saturated carbocycles. The number of hydrogen-bond donors (Lipinski definition) is 2. The van der Waals surface area contributed by atoms with Crippen LogP contribution in [-0.2, 0) is 0 Å². The number of aromatic nitrogens is 2. The van der Waals surface area contributed by atoms with Gasteiger partial charge in [-0.15, -0.1) is 0 Å². The molecule has 0 bridgehead atoms. The summed E-state index contributed by atoms with van der Waals surface area (Å²) in [7, 11) is 1.56. The van der Waals surface area contributed by atoms with Gasteiger partial charge < -0.3 is 15.8 Å². The third kappa shape index (κ3) is 3.14. The van der Waals surface area contributed by atoms with Crippen LogP contribution < -0.4 is 15.8 Å². The van der Waals surface area contributed by atoms with E-state index in [1.807, 2.05) is 31.2 Å². The molecule has 0 spiro atoms. The first-order chi connectivity index (χ1) is 9.11. The van der Waals surface area contributed by atoms with Gasteiger partial charge in [0.15, 0.2) is 0 Å². The Bertz CT molecular complexity index is 576. The molecule has 0 amide bonds. The molecule has 0 fully saturated rings. The molecular weight excluding hydrogens is 308 g/mol. The highest BCUT2D eigenvalue weighted by Gasteiger charge is 2.11. The highest BCUT2D eigenvalue weighted by molar-refractivity contribution is 9.10. The standard InChI is InChI=1S/C13H15BrN4O/c1-8(9-5-3-4-6-11(9)15)17-13-16-7-10(14)12(18-13)19-2/h3-8H,15H2,1-2H3,(H,16,17,18). The van der Waals surface area contributed by atoms with Crippen molar-refractivity contribution in [2.24, 2.45) is 0 Å². The predicted octanol–water partition coefficient (Wildman–Crippen LogP) is 3.00. The van der Waals surface area contributed by atoms with E-state index in [0.29, 0.717) is 16.3 Å². The van der Waals surface area contributed by atoms with E-state index in [2.05, 4.69) is 31.2 Å². The van der Waals surface area contributed by atoms with Crippen LogP contribution >= 0.6 is 15.9 Å². The van der Waals surface area contributed by atoms with E-state index in [4.69, 9.17) is 10.5 Å². The number of rotatable bonds is 4. The number of methoxy groups -OCH3 is 1. The fourth-order valence-electron chi connectivity index (χ4n) is 1.74. The van der Waals surface area contributed by atoms with Crippen LogP contribution in [0.3, 0.4) is 0 Å². The van der Waals surface area contributed by atoms with Crippen molar-refractivity contribution in [1.82, 2.24) is 9.97 Å². The highest BCUT2D eigenvalue weighted by Crippen LogP contribution is 2.25. The van der Waals surface area contributed by atoms with Crippen molar-refractivity contribution in [2.75, 3.05) is 18.2 Å². The minimum absolute atomic E-state index is 0.00656. The van der Waals surface area contributed by atoms with Crippen molar-refractivity contribution >= 4 is 27.6 Å². The van der Waals surface area contributed by atoms with Crippen LogP contribution in [0.4, 0.5) is 11.6 Å². The van der Waals surface area contributed by atoms with Crippen LogP contribution in [0.15, 0.2) is 34.9 Å². The topological polar surface area (TPSA) is 73.1 Å². The fourth-order valence-corrected chi connectivity index (χ4v) is 2.09. The third-order valence-electron chi connectivity index (χ3n) is 2.71. The summed E-state index contributed by atoms with van der Waals surface area (Å²) in [5.74, 6) is 0.988. The van der Waals surface area contributed by atoms with E-state index in [1.54, 1.807) is 13.3 Å². The molecule has 100 valence electrons. The summed E-state index contributed by atoms with van der Waals surface area (Å²) in [5.41, 5.74) is 7.69. The van der Waals surface area contributed by atoms with E-state index in [9.17, 15) is 0 Å². The number of para-hydroxylation sites is 1. The smallest absolute Gasteiger partial charge is 0.232 e. The molecule has 19 heavy (non-hydrogen) atoms. The zero-order valence-corrected chi connectivity index (χ0v) is 12.3. The average molecular weight is 323 g/mol. The summed E-state index contributed by atoms with van der Waals surface area (Å²) < 4.78 is 5.85. The Balaban J connectivity index is 2.19. The Kier molecular flexibility index (Phi) is 4.21. The lowest BCUT2D eigenvalue weighted by atomic mass is 10.1. The van der Waals surface area contributed by atoms with E-state index < -0.39 is 0 Å². The Morgan fingerprint density at radius 1 is 1.37 bits per heavy atom. The lowest BCUT2D eigenvalue weighted by Gasteiger charge is -2.16. The van der Waals surface area contributed by atoms with Gasteiger partial charge in [-0.3, -0.25) is 0 Å². The Hall–Kier alpha value is -1.82. The molecule has 1 heterocycles. The zero-order valence-electron chi connectivity index (χ0n) is 10.7. The van der Waals surface area contributed by atoms with Crippen molar-refractivity contribution < 1.29 is 4.74 Å². The molecule has 0 aliphatic carbocycles. The number of ether oxygens (including phenoxy) is 1. The summed E-state index contributed by atoms with van der Waals surface area (Å²) in [6.07, 6.45) is 1.65. The summed E-state index contributed by atoms with van der Waals surface area (Å²) in [4.78, 5) is 8.45. The van der Waals surface area contributed by atoms with Gasteiger partial charge in [-0.25, -0.2) is 4.98 Å². The maximum atomic E-state index is 5.94. The van der Waals surface area contributed by atoms with Crippen molar-refractivity contribution in [3.05, 3.63) is 40.5 Å². The summed E-state index contributed by atoms with van der Waals surface area (Å²) in [6.45, 7) is 2.00. The van der Waals surface area contributed by atoms with E-state index in [0.717, 1.165) is 11.3 Å². The van der Waals surface area contributed by atoms with E-state index >= 15 is 0 Å². The Labute approximate surface area is 120 Å². The van der Waals surface area contributed by atoms with Gasteiger partial charge in [0.1, 0.15) is 0 Å². The lowest BCUT2D eigenvalue weighted by Crippen LogP contribution is -2.11. The van der Waals surface area contributed by atoms with Crippen LogP contribution in [0.1, 0.15) is 18.5 Å². The van der Waals surface area contributed by atoms with Gasteiger partial charge in [-0.2, -0.15) is 4.98 Å². The first-order valence-corrected chi connectivity index (χ1v) is 6.58. The molecule has 1 aromatic carbocycles. The number of anilines is 2. The number of nitrogen functional groups attached to an aromatic ring is 1. The van der Waals surface area contributed by atoms with Crippen molar-refractivity contribution in [3.63, 3.8) is 0 Å². The molecule has 0 aliphatic heterocycles. The first kappa shape index (κ1) is 13.6. The van der Waals surface area contributed by atoms with Crippen molar-refractivity contribution in [2.45, 2.75) is 13.0 Å². The second kappa shape index (κ2) is 5.88. The fraction of sp³-hybridized carbons (Fsp3) is 0.231. The molecule has 0 radical (unpaired) electrons. The molecular formula is C13H15BrN4O. The number of hydrogen-bond acceptors (Lipinski definition) is 5. The van der Waals surface area contributed by atoms with E-state index in [1.165, 1.54) is 0 Å². The summed E-state index contributed by atoms with van der Waals surface area (Å²) in [5, 5.41) is 3.20. The molecule has 2 aromatic rings. The van der Waals surface area contributed by atoms with Gasteiger partial charge in [0, 0.05) is 5.69 Å². The maximum absolute atomic E-state index is 5.94. The van der Waals surface area contributed by atoms with Gasteiger partial charge in [-0.1, -0.05) is 18.2 Å². The number of halogens is 1. The van der Waals surface area contributed by atoms with Gasteiger partial charge in [0.05, 0.1) is 23.8 Å². The van der Waals surface area contributed by atoms with Crippen LogP contribution in [0.25, 0.3) is 0 Å². The molecule has 1 atom stereocenters. The molecule has 1 aromatic heterocycles. The normalized spacial score (nSPS) is 11.9. The monoisotopic (exact) mass is 322 g/mol. The third-order valence-corrected chi connectivity index (χ3v) is 3.26. The molecule has 0 saturated heterocycles. The maximum Gasteiger partial charge on any atom is 0.232 e. The minimum atomic E-state index is 0.00656. The number of benzene rings is 1. The molecule has 1 unspecified atom stereocenters. The molecule has 3 N–H and O–H groups in total. The largest absolute Gasteiger partial charge is 0.480 e. The van der Waals surface area contributed by atoms with Crippen LogP contribution in [0.2, 0.25) is 0 Å². The van der Waals surface area contributed by atoms with Crippen LogP contribution in [0, 0.1) is 0 Å². The van der Waals surface area contributed by atoms with Crippen LogP contribution in [0.5, 0.6) is 5.88 Å². The second-order valence-electron chi connectivity index (χ2n) is 4.05. The number of nitrogens with one attached hydrogen (secondary N) is 1. The Morgan fingerprint density at radius 2 is 2.11 bits per heavy atom. The SMILES string of the molecule is COc1nc(NC(C)c2ccccc2N)ncc1Br. The highest BCUT2D eigenvalue weighted by atomic mass is 79.9. The molecule has 2 rings (SSSR count). The van der Waals surface area contributed by atoms with Crippen molar-refractivity contribution in [3.8, 4) is 5.88 Å². The number of nitrogens with zero attached hydrogens (tertiary/aromatic N) is 2. The molecule has 5 nitrogen and oxygen atoms in total. The molecule has 0 aliphatic rings. The minimum Gasteiger partial charge on any atom is -0.480 e. The second-order valence-corrected chi connectivity index (χ2v) is 4.90. The Morgan fingerprint density at radius 3 is 2.79 bits per heavy atom. The van der Waals surface area contributed by atoms with Gasteiger partial charge >= 0.3 is 0 Å². The molecule has 6 heteroatoms. The summed E-state index contributed by atoms with van der Waals surface area (Å²) >= 11 is 3.32. The van der Waals surface area contributed by atoms with E-state index in [-0.39, 0.29) is 6.04 Å². The van der Waals surface area contributed by atoms with Crippen LogP contribution in [-0.4, -0.2) is 17.1 Å². The first-order valence-electron chi connectivity index (χ1n) is 5.79. The van der Waals surface area contributed by atoms with Crippen molar-refractivity contribution in [1.29, 1.82) is 0 Å².